The van der Waals surface area contributed by atoms with Gasteiger partial charge in [0.05, 0.1) is 5.41 Å². The number of carbonyl (C=O) groups is 2. The molecule has 1 heterocycles. The van der Waals surface area contributed by atoms with Gasteiger partial charge < -0.3 is 15.7 Å². The van der Waals surface area contributed by atoms with Crippen LogP contribution in [0.5, 0.6) is 0 Å². The Labute approximate surface area is 89.2 Å². The number of hydrogen-bond acceptors (Lipinski definition) is 3. The van der Waals surface area contributed by atoms with E-state index >= 15 is 0 Å². The molecule has 0 spiro atoms. The number of rotatable bonds is 3. The molecule has 86 valence electrons. The molecular weight excluding hydrogens is 196 g/mol. The van der Waals surface area contributed by atoms with Gasteiger partial charge in [0.1, 0.15) is 0 Å². The molecule has 5 nitrogen and oxygen atoms in total. The number of piperidine rings is 1. The molecule has 0 saturated carbocycles. The third-order valence-electron chi connectivity index (χ3n) is 2.92. The number of nitrogens with zero attached hydrogens (tertiary/aromatic N) is 1. The first-order chi connectivity index (χ1) is 6.99. The highest BCUT2D eigenvalue weighted by atomic mass is 16.4. The zero-order chi connectivity index (χ0) is 11.5. The van der Waals surface area contributed by atoms with Crippen LogP contribution >= 0.6 is 0 Å². The lowest BCUT2D eigenvalue weighted by Crippen LogP contribution is -2.48. The Kier molecular flexibility index (Phi) is 3.68. The van der Waals surface area contributed by atoms with Crippen molar-refractivity contribution in [2.24, 2.45) is 11.1 Å². The molecular formula is C10H18N2O3. The minimum Gasteiger partial charge on any atom is -0.481 e. The molecule has 0 radical (unpaired) electrons. The Bertz CT molecular complexity index is 267. The van der Waals surface area contributed by atoms with Crippen molar-refractivity contribution in [3.05, 3.63) is 0 Å². The smallest absolute Gasteiger partial charge is 0.311 e. The van der Waals surface area contributed by atoms with Gasteiger partial charge in [-0.3, -0.25) is 9.59 Å². The lowest BCUT2D eigenvalue weighted by Gasteiger charge is -2.37. The van der Waals surface area contributed by atoms with E-state index in [4.69, 9.17) is 10.8 Å². The second-order valence-corrected chi connectivity index (χ2v) is 4.32. The van der Waals surface area contributed by atoms with Gasteiger partial charge in [0.2, 0.25) is 5.91 Å². The Balaban J connectivity index is 2.63. The van der Waals surface area contributed by atoms with Crippen LogP contribution in [0.1, 0.15) is 26.2 Å². The number of carboxylic acid groups (broad SMARTS) is 1. The summed E-state index contributed by atoms with van der Waals surface area (Å²) in [4.78, 5) is 24.2. The molecule has 0 bridgehead atoms. The predicted molar refractivity (Wildman–Crippen MR) is 55.2 cm³/mol. The lowest BCUT2D eigenvalue weighted by atomic mass is 9.82. The molecule has 1 aliphatic rings. The van der Waals surface area contributed by atoms with Gasteiger partial charge in [-0.15, -0.1) is 0 Å². The maximum Gasteiger partial charge on any atom is 0.311 e. The number of hydrogen-bond donors (Lipinski definition) is 2. The predicted octanol–water partition coefficient (Wildman–Crippen LogP) is 0.0485. The zero-order valence-corrected chi connectivity index (χ0v) is 9.03. The van der Waals surface area contributed by atoms with E-state index in [1.807, 2.05) is 0 Å². The van der Waals surface area contributed by atoms with Crippen LogP contribution in [0, 0.1) is 5.41 Å². The molecule has 0 aliphatic carbocycles. The molecule has 1 unspecified atom stereocenters. The number of aliphatic carboxylic acids is 1. The quantitative estimate of drug-likeness (QED) is 0.695. The van der Waals surface area contributed by atoms with E-state index in [1.54, 1.807) is 11.8 Å². The second-order valence-electron chi connectivity index (χ2n) is 4.32. The Morgan fingerprint density at radius 3 is 2.73 bits per heavy atom. The standard InChI is InChI=1S/C10H18N2O3/c1-10(9(14)15)4-2-6-12(7-10)8(13)3-5-11/h2-7,11H2,1H3,(H,14,15). The van der Waals surface area contributed by atoms with E-state index in [2.05, 4.69) is 0 Å². The lowest BCUT2D eigenvalue weighted by molar-refractivity contribution is -0.153. The second kappa shape index (κ2) is 4.61. The highest BCUT2D eigenvalue weighted by molar-refractivity contribution is 5.79. The summed E-state index contributed by atoms with van der Waals surface area (Å²) in [6, 6.07) is 0. The van der Waals surface area contributed by atoms with Gasteiger partial charge in [0, 0.05) is 26.1 Å². The number of likely N-dealkylation sites (tertiary alicyclic amines) is 1. The average Bonchev–Trinajstić information content (AvgIpc) is 2.18. The van der Waals surface area contributed by atoms with Crippen molar-refractivity contribution in [2.45, 2.75) is 26.2 Å². The van der Waals surface area contributed by atoms with Crippen LogP contribution < -0.4 is 5.73 Å². The highest BCUT2D eigenvalue weighted by Crippen LogP contribution is 2.29. The fraction of sp³-hybridized carbons (Fsp3) is 0.800. The number of nitrogens with two attached hydrogens (primary N) is 1. The molecule has 0 aromatic carbocycles. The summed E-state index contributed by atoms with van der Waals surface area (Å²) in [5.74, 6) is -0.863. The van der Waals surface area contributed by atoms with E-state index in [0.29, 0.717) is 32.5 Å². The number of carboxylic acids is 1. The minimum atomic E-state index is -0.826. The summed E-state index contributed by atoms with van der Waals surface area (Å²) >= 11 is 0. The van der Waals surface area contributed by atoms with Crippen molar-refractivity contribution in [1.82, 2.24) is 4.90 Å². The number of amides is 1. The fourth-order valence-electron chi connectivity index (χ4n) is 1.91. The Hall–Kier alpha value is -1.10. The van der Waals surface area contributed by atoms with Crippen molar-refractivity contribution in [1.29, 1.82) is 0 Å². The van der Waals surface area contributed by atoms with Crippen molar-refractivity contribution in [3.63, 3.8) is 0 Å². The molecule has 1 atom stereocenters. The first-order valence-electron chi connectivity index (χ1n) is 5.21. The van der Waals surface area contributed by atoms with Crippen LogP contribution in [0.4, 0.5) is 0 Å². The molecule has 3 N–H and O–H groups in total. The highest BCUT2D eigenvalue weighted by Gasteiger charge is 2.38. The van der Waals surface area contributed by atoms with Gasteiger partial charge in [-0.1, -0.05) is 0 Å². The summed E-state index contributed by atoms with van der Waals surface area (Å²) in [6.07, 6.45) is 1.68. The van der Waals surface area contributed by atoms with Crippen molar-refractivity contribution >= 4 is 11.9 Å². The molecule has 1 saturated heterocycles. The number of carbonyl (C=O) groups excluding carboxylic acids is 1. The van der Waals surface area contributed by atoms with E-state index in [1.165, 1.54) is 0 Å². The first-order valence-corrected chi connectivity index (χ1v) is 5.21. The summed E-state index contributed by atoms with van der Waals surface area (Å²) in [7, 11) is 0. The van der Waals surface area contributed by atoms with E-state index in [-0.39, 0.29) is 5.91 Å². The normalized spacial score (nSPS) is 26.4. The van der Waals surface area contributed by atoms with Crippen molar-refractivity contribution in [3.8, 4) is 0 Å². The first kappa shape index (κ1) is 12.0. The van der Waals surface area contributed by atoms with Crippen molar-refractivity contribution in [2.75, 3.05) is 19.6 Å². The van der Waals surface area contributed by atoms with Gasteiger partial charge in [-0.25, -0.2) is 0 Å². The Morgan fingerprint density at radius 2 is 2.20 bits per heavy atom. The molecule has 1 aliphatic heterocycles. The molecule has 1 amide bonds. The molecule has 15 heavy (non-hydrogen) atoms. The van der Waals surface area contributed by atoms with E-state index in [9.17, 15) is 9.59 Å². The zero-order valence-electron chi connectivity index (χ0n) is 9.03. The van der Waals surface area contributed by atoms with Crippen LogP contribution in [0.25, 0.3) is 0 Å². The maximum absolute atomic E-state index is 11.6. The Morgan fingerprint density at radius 1 is 1.53 bits per heavy atom. The van der Waals surface area contributed by atoms with Crippen LogP contribution in [-0.4, -0.2) is 41.5 Å². The summed E-state index contributed by atoms with van der Waals surface area (Å²) in [5, 5.41) is 9.06. The maximum atomic E-state index is 11.6. The van der Waals surface area contributed by atoms with Crippen LogP contribution in [0.2, 0.25) is 0 Å². The summed E-state index contributed by atoms with van der Waals surface area (Å²) in [5.41, 5.74) is 4.51. The summed E-state index contributed by atoms with van der Waals surface area (Å²) < 4.78 is 0. The monoisotopic (exact) mass is 214 g/mol. The van der Waals surface area contributed by atoms with Crippen LogP contribution in [0.3, 0.4) is 0 Å². The molecule has 5 heteroatoms. The molecule has 0 aromatic rings. The van der Waals surface area contributed by atoms with Gasteiger partial charge in [0.25, 0.3) is 0 Å². The van der Waals surface area contributed by atoms with Crippen LogP contribution in [0.15, 0.2) is 0 Å². The fourth-order valence-corrected chi connectivity index (χ4v) is 1.91. The van der Waals surface area contributed by atoms with Gasteiger partial charge in [0.15, 0.2) is 0 Å². The van der Waals surface area contributed by atoms with Gasteiger partial charge in [-0.05, 0) is 19.8 Å². The van der Waals surface area contributed by atoms with E-state index in [0.717, 1.165) is 6.42 Å². The molecule has 1 rings (SSSR count). The molecule has 0 aromatic heterocycles. The third-order valence-corrected chi connectivity index (χ3v) is 2.92. The van der Waals surface area contributed by atoms with Crippen LogP contribution in [-0.2, 0) is 9.59 Å². The van der Waals surface area contributed by atoms with Crippen molar-refractivity contribution < 1.29 is 14.7 Å². The van der Waals surface area contributed by atoms with Gasteiger partial charge in [-0.2, -0.15) is 0 Å². The molecule has 1 fully saturated rings. The SMILES string of the molecule is CC1(C(=O)O)CCCN(C(=O)CCN)C1. The average molecular weight is 214 g/mol. The largest absolute Gasteiger partial charge is 0.481 e. The minimum absolute atomic E-state index is 0.0373. The topological polar surface area (TPSA) is 83.6 Å². The van der Waals surface area contributed by atoms with Gasteiger partial charge >= 0.3 is 5.97 Å². The van der Waals surface area contributed by atoms with E-state index < -0.39 is 11.4 Å². The summed E-state index contributed by atoms with van der Waals surface area (Å²) in [6.45, 7) is 2.97. The third kappa shape index (κ3) is 2.68.